The Morgan fingerprint density at radius 1 is 0.848 bits per heavy atom. The van der Waals surface area contributed by atoms with E-state index in [2.05, 4.69) is 18.8 Å². The van der Waals surface area contributed by atoms with Crippen molar-refractivity contribution < 1.29 is 14.3 Å². The smallest absolute Gasteiger partial charge is 0.343 e. The van der Waals surface area contributed by atoms with Gasteiger partial charge < -0.3 is 9.47 Å². The molecule has 1 aromatic heterocycles. The molecule has 0 atom stereocenters. The summed E-state index contributed by atoms with van der Waals surface area (Å²) in [5, 5.41) is 0. The molecule has 1 heterocycles. The molecule has 180 valence electrons. The molecular weight excluding hydrogens is 410 g/mol. The van der Waals surface area contributed by atoms with Crippen molar-refractivity contribution in [2.45, 2.75) is 90.9 Å². The van der Waals surface area contributed by atoms with Gasteiger partial charge in [0.2, 0.25) is 0 Å². The maximum Gasteiger partial charge on any atom is 0.343 e. The van der Waals surface area contributed by atoms with Gasteiger partial charge in [-0.25, -0.2) is 4.79 Å². The quantitative estimate of drug-likeness (QED) is 0.230. The van der Waals surface area contributed by atoms with Crippen LogP contribution in [0.3, 0.4) is 0 Å². The van der Waals surface area contributed by atoms with Crippen molar-refractivity contribution >= 4 is 5.97 Å². The number of rotatable bonds is 13. The predicted molar refractivity (Wildman–Crippen MR) is 134 cm³/mol. The minimum absolute atomic E-state index is 0.373. The number of pyridine rings is 1. The zero-order valence-corrected chi connectivity index (χ0v) is 20.6. The van der Waals surface area contributed by atoms with Crippen molar-refractivity contribution in [1.29, 1.82) is 0 Å². The largest absolute Gasteiger partial charge is 0.494 e. The van der Waals surface area contributed by atoms with Crippen molar-refractivity contribution in [1.82, 2.24) is 4.98 Å². The SMILES string of the molecule is CCCCCOc1ccc(C(=O)Oc2ccc(CC[C@H]3CC[C@H](CCCC)CC3)nc2)cc1. The molecule has 0 bridgehead atoms. The molecule has 0 N–H and O–H groups in total. The number of aromatic nitrogens is 1. The monoisotopic (exact) mass is 451 g/mol. The van der Waals surface area contributed by atoms with Gasteiger partial charge in [-0.15, -0.1) is 0 Å². The molecule has 4 heteroatoms. The highest BCUT2D eigenvalue weighted by Crippen LogP contribution is 2.34. The van der Waals surface area contributed by atoms with Gasteiger partial charge in [0, 0.05) is 5.69 Å². The van der Waals surface area contributed by atoms with Crippen LogP contribution in [0.2, 0.25) is 0 Å². The molecule has 1 aromatic carbocycles. The summed E-state index contributed by atoms with van der Waals surface area (Å²) in [7, 11) is 0. The molecule has 1 fully saturated rings. The van der Waals surface area contributed by atoms with E-state index in [0.29, 0.717) is 17.9 Å². The van der Waals surface area contributed by atoms with Crippen molar-refractivity contribution in [2.24, 2.45) is 11.8 Å². The van der Waals surface area contributed by atoms with Crippen LogP contribution in [0.1, 0.15) is 101 Å². The second-order valence-corrected chi connectivity index (χ2v) is 9.52. The number of ether oxygens (including phenoxy) is 2. The Morgan fingerprint density at radius 3 is 2.15 bits per heavy atom. The molecule has 33 heavy (non-hydrogen) atoms. The minimum atomic E-state index is -0.373. The Morgan fingerprint density at radius 2 is 1.52 bits per heavy atom. The van der Waals surface area contributed by atoms with Crippen molar-refractivity contribution in [3.8, 4) is 11.5 Å². The third kappa shape index (κ3) is 8.83. The summed E-state index contributed by atoms with van der Waals surface area (Å²) in [6.45, 7) is 5.16. The van der Waals surface area contributed by atoms with E-state index < -0.39 is 0 Å². The van der Waals surface area contributed by atoms with Gasteiger partial charge in [-0.2, -0.15) is 0 Å². The van der Waals surface area contributed by atoms with Crippen LogP contribution in [0, 0.1) is 11.8 Å². The van der Waals surface area contributed by atoms with Gasteiger partial charge in [0.1, 0.15) is 11.5 Å². The highest BCUT2D eigenvalue weighted by molar-refractivity contribution is 5.91. The molecule has 1 saturated carbocycles. The standard InChI is InChI=1S/C29H41NO3/c1-3-5-7-21-32-27-18-14-25(15-19-27)29(31)33-28-20-17-26(30-22-28)16-13-24-11-9-23(10-12-24)8-6-4-2/h14-15,17-20,22-24H,3-13,16,21H2,1-2H3/t23-,24-. The van der Waals surface area contributed by atoms with Gasteiger partial charge >= 0.3 is 5.97 Å². The van der Waals surface area contributed by atoms with Gasteiger partial charge in [0.05, 0.1) is 18.4 Å². The molecule has 3 rings (SSSR count). The molecule has 0 radical (unpaired) electrons. The molecule has 0 unspecified atom stereocenters. The van der Waals surface area contributed by atoms with Gasteiger partial charge in [-0.05, 0) is 67.5 Å². The Kier molecular flexibility index (Phi) is 10.7. The molecule has 4 nitrogen and oxygen atoms in total. The summed E-state index contributed by atoms with van der Waals surface area (Å²) in [4.78, 5) is 17.0. The van der Waals surface area contributed by atoms with Crippen LogP contribution in [0.4, 0.5) is 0 Å². The highest BCUT2D eigenvalue weighted by atomic mass is 16.5. The summed E-state index contributed by atoms with van der Waals surface area (Å²) >= 11 is 0. The van der Waals surface area contributed by atoms with Crippen molar-refractivity contribution in [2.75, 3.05) is 6.61 Å². The van der Waals surface area contributed by atoms with Crippen molar-refractivity contribution in [3.63, 3.8) is 0 Å². The molecule has 0 amide bonds. The number of hydrogen-bond donors (Lipinski definition) is 0. The van der Waals surface area contributed by atoms with Gasteiger partial charge in [0.25, 0.3) is 0 Å². The maximum absolute atomic E-state index is 12.4. The maximum atomic E-state index is 12.4. The van der Waals surface area contributed by atoms with Crippen LogP contribution in [-0.4, -0.2) is 17.6 Å². The normalized spacial score (nSPS) is 18.1. The molecule has 0 saturated heterocycles. The highest BCUT2D eigenvalue weighted by Gasteiger charge is 2.20. The van der Waals surface area contributed by atoms with Gasteiger partial charge in [-0.1, -0.05) is 71.6 Å². The molecule has 1 aliphatic rings. The lowest BCUT2D eigenvalue weighted by Crippen LogP contribution is -2.15. The first-order chi connectivity index (χ1) is 16.2. The number of nitrogens with zero attached hydrogens (tertiary/aromatic N) is 1. The molecule has 1 aliphatic carbocycles. The first kappa shape index (κ1) is 25.3. The summed E-state index contributed by atoms with van der Waals surface area (Å²) in [5.41, 5.74) is 1.59. The fourth-order valence-electron chi connectivity index (χ4n) is 4.67. The van der Waals surface area contributed by atoms with E-state index in [1.54, 1.807) is 18.3 Å². The lowest BCUT2D eigenvalue weighted by atomic mass is 9.78. The van der Waals surface area contributed by atoms with E-state index in [9.17, 15) is 4.79 Å². The fourth-order valence-corrected chi connectivity index (χ4v) is 4.67. The third-order valence-electron chi connectivity index (χ3n) is 6.86. The number of unbranched alkanes of at least 4 members (excludes halogenated alkanes) is 3. The second kappa shape index (κ2) is 14.0. The van der Waals surface area contributed by atoms with E-state index >= 15 is 0 Å². The first-order valence-electron chi connectivity index (χ1n) is 13.1. The Hall–Kier alpha value is -2.36. The number of aryl methyl sites for hydroxylation is 1. The predicted octanol–water partition coefficient (Wildman–Crippen LogP) is 7.80. The molecule has 0 aliphatic heterocycles. The summed E-state index contributed by atoms with van der Waals surface area (Å²) < 4.78 is 11.2. The Balaban J connectivity index is 1.39. The van der Waals surface area contributed by atoms with E-state index in [1.807, 2.05) is 24.3 Å². The van der Waals surface area contributed by atoms with Crippen LogP contribution in [0.15, 0.2) is 42.6 Å². The van der Waals surface area contributed by atoms with Crippen LogP contribution < -0.4 is 9.47 Å². The number of carbonyl (C=O) groups excluding carboxylic acids is 1. The fraction of sp³-hybridized carbons (Fsp3) is 0.586. The molecule has 0 spiro atoms. The van der Waals surface area contributed by atoms with Gasteiger partial charge in [0.15, 0.2) is 0 Å². The Labute approximate surface area is 200 Å². The second-order valence-electron chi connectivity index (χ2n) is 9.52. The van der Waals surface area contributed by atoms with Crippen LogP contribution in [0.5, 0.6) is 11.5 Å². The number of carbonyl (C=O) groups is 1. The number of benzene rings is 1. The van der Waals surface area contributed by atoms with E-state index in [4.69, 9.17) is 9.47 Å². The molecule has 2 aromatic rings. The number of esters is 1. The lowest BCUT2D eigenvalue weighted by molar-refractivity contribution is 0.0734. The average Bonchev–Trinajstić information content (AvgIpc) is 2.86. The van der Waals surface area contributed by atoms with E-state index in [1.165, 1.54) is 57.8 Å². The lowest BCUT2D eigenvalue weighted by Gasteiger charge is -2.28. The minimum Gasteiger partial charge on any atom is -0.494 e. The number of hydrogen-bond acceptors (Lipinski definition) is 4. The summed E-state index contributed by atoms with van der Waals surface area (Å²) in [6.07, 6.45) is 16.9. The zero-order valence-electron chi connectivity index (χ0n) is 20.6. The molecular formula is C29H41NO3. The Bertz CT molecular complexity index is 808. The van der Waals surface area contributed by atoms with E-state index in [0.717, 1.165) is 42.5 Å². The average molecular weight is 452 g/mol. The topological polar surface area (TPSA) is 48.4 Å². The van der Waals surface area contributed by atoms with Crippen LogP contribution >= 0.6 is 0 Å². The zero-order chi connectivity index (χ0) is 23.3. The van der Waals surface area contributed by atoms with E-state index in [-0.39, 0.29) is 5.97 Å². The third-order valence-corrected chi connectivity index (χ3v) is 6.86. The van der Waals surface area contributed by atoms with Crippen LogP contribution in [0.25, 0.3) is 0 Å². The van der Waals surface area contributed by atoms with Crippen LogP contribution in [-0.2, 0) is 6.42 Å². The summed E-state index contributed by atoms with van der Waals surface area (Å²) in [6, 6.07) is 11.0. The summed E-state index contributed by atoms with van der Waals surface area (Å²) in [5.74, 6) is 2.69. The van der Waals surface area contributed by atoms with Gasteiger partial charge in [-0.3, -0.25) is 4.98 Å². The first-order valence-corrected chi connectivity index (χ1v) is 13.1. The van der Waals surface area contributed by atoms with Crippen molar-refractivity contribution in [3.05, 3.63) is 53.9 Å².